The molecule has 184 valence electrons. The van der Waals surface area contributed by atoms with E-state index >= 15 is 0 Å². The molecule has 1 fully saturated rings. The second-order valence-corrected chi connectivity index (χ2v) is 9.39. The number of benzene rings is 1. The minimum absolute atomic E-state index is 0.0298. The molecule has 0 aliphatic carbocycles. The number of nitrogens with zero attached hydrogens (tertiary/aromatic N) is 5. The van der Waals surface area contributed by atoms with Gasteiger partial charge in [-0.1, -0.05) is 23.5 Å². The molecule has 6 rings (SSSR count). The Morgan fingerprint density at radius 3 is 2.58 bits per heavy atom. The van der Waals surface area contributed by atoms with Crippen LogP contribution in [0.25, 0.3) is 16.5 Å². The predicted molar refractivity (Wildman–Crippen MR) is 131 cm³/mol. The van der Waals surface area contributed by atoms with Gasteiger partial charge in [-0.2, -0.15) is 9.50 Å². The van der Waals surface area contributed by atoms with Crippen molar-refractivity contribution in [2.24, 2.45) is 0 Å². The number of hydrogen-bond donors (Lipinski definition) is 1. The Bertz CT molecular complexity index is 1480. The summed E-state index contributed by atoms with van der Waals surface area (Å²) in [6.45, 7) is 2.28. The summed E-state index contributed by atoms with van der Waals surface area (Å²) in [5.74, 6) is 1.92. The highest BCUT2D eigenvalue weighted by atomic mass is 32.1. The lowest BCUT2D eigenvalue weighted by molar-refractivity contribution is 0.0567. The number of thiazole rings is 1. The van der Waals surface area contributed by atoms with Crippen LogP contribution in [0.1, 0.15) is 27.0 Å². The molecule has 1 aliphatic rings. The van der Waals surface area contributed by atoms with Crippen molar-refractivity contribution >= 4 is 22.2 Å². The standard InChI is InChI=1S/C25H23N5O5S/c1-33-17-6-2-5-16(15-17)20(28-9-11-29(12-10-28)23(31)19-8-4-14-35-19)21-24(32)30-25(36-21)26-22(27-30)18-7-3-13-34-18/h2-8,13-15,20,32H,9-12H2,1H3. The first-order chi connectivity index (χ1) is 17.6. The Balaban J connectivity index is 1.33. The van der Waals surface area contributed by atoms with Crippen molar-refractivity contribution < 1.29 is 23.5 Å². The fraction of sp³-hybridized carbons (Fsp3) is 0.240. The molecular weight excluding hydrogens is 482 g/mol. The minimum Gasteiger partial charge on any atom is -0.497 e. The SMILES string of the molecule is COc1cccc(C(c2sc3nc(-c4ccco4)nn3c2O)N2CCN(C(=O)c3ccco3)CC2)c1. The van der Waals surface area contributed by atoms with Crippen molar-refractivity contribution in [3.63, 3.8) is 0 Å². The largest absolute Gasteiger partial charge is 0.497 e. The fourth-order valence-corrected chi connectivity index (χ4v) is 5.63. The number of rotatable bonds is 6. The van der Waals surface area contributed by atoms with Crippen LogP contribution in [0.4, 0.5) is 0 Å². The Labute approximate surface area is 209 Å². The van der Waals surface area contributed by atoms with Gasteiger partial charge in [0, 0.05) is 26.2 Å². The third-order valence-electron chi connectivity index (χ3n) is 6.30. The maximum absolute atomic E-state index is 12.8. The van der Waals surface area contributed by atoms with Crippen molar-refractivity contribution in [3.8, 4) is 23.2 Å². The molecule has 1 aliphatic heterocycles. The number of ether oxygens (including phenoxy) is 1. The van der Waals surface area contributed by atoms with Crippen LogP contribution in [0.2, 0.25) is 0 Å². The minimum atomic E-state index is -0.276. The van der Waals surface area contributed by atoms with Crippen LogP contribution < -0.4 is 4.74 Å². The molecule has 0 saturated carbocycles. The molecule has 1 saturated heterocycles. The number of fused-ring (bicyclic) bond motifs is 1. The summed E-state index contributed by atoms with van der Waals surface area (Å²) >= 11 is 1.38. The van der Waals surface area contributed by atoms with E-state index in [2.05, 4.69) is 15.0 Å². The smallest absolute Gasteiger partial charge is 0.289 e. The van der Waals surface area contributed by atoms with Gasteiger partial charge in [0.2, 0.25) is 16.7 Å². The van der Waals surface area contributed by atoms with Gasteiger partial charge in [0.25, 0.3) is 5.91 Å². The molecule has 0 spiro atoms. The molecule has 0 radical (unpaired) electrons. The van der Waals surface area contributed by atoms with E-state index in [-0.39, 0.29) is 17.8 Å². The summed E-state index contributed by atoms with van der Waals surface area (Å²) in [4.78, 5) is 22.6. The molecule has 11 heteroatoms. The van der Waals surface area contributed by atoms with E-state index < -0.39 is 0 Å². The van der Waals surface area contributed by atoms with Gasteiger partial charge in [0.15, 0.2) is 11.5 Å². The maximum atomic E-state index is 12.8. The van der Waals surface area contributed by atoms with Crippen LogP contribution in [0, 0.1) is 0 Å². The van der Waals surface area contributed by atoms with Gasteiger partial charge in [-0.25, -0.2) is 0 Å². The normalized spacial score (nSPS) is 15.4. The van der Waals surface area contributed by atoms with Gasteiger partial charge in [-0.3, -0.25) is 9.69 Å². The van der Waals surface area contributed by atoms with Crippen molar-refractivity contribution in [1.82, 2.24) is 24.4 Å². The molecule has 1 atom stereocenters. The number of amides is 1. The average Bonchev–Trinajstić information content (AvgIpc) is 3.71. The predicted octanol–water partition coefficient (Wildman–Crippen LogP) is 3.91. The number of aromatic hydroxyl groups is 1. The summed E-state index contributed by atoms with van der Waals surface area (Å²) in [6.07, 6.45) is 3.06. The molecule has 5 heterocycles. The Morgan fingerprint density at radius 2 is 1.89 bits per heavy atom. The van der Waals surface area contributed by atoms with Crippen LogP contribution in [-0.2, 0) is 0 Å². The first-order valence-electron chi connectivity index (χ1n) is 11.5. The number of hydrogen-bond acceptors (Lipinski definition) is 9. The van der Waals surface area contributed by atoms with E-state index in [1.54, 1.807) is 42.5 Å². The quantitative estimate of drug-likeness (QED) is 0.370. The molecule has 1 unspecified atom stereocenters. The van der Waals surface area contributed by atoms with E-state index in [0.717, 1.165) is 16.2 Å². The lowest BCUT2D eigenvalue weighted by Crippen LogP contribution is -2.49. The van der Waals surface area contributed by atoms with Gasteiger partial charge < -0.3 is 23.6 Å². The van der Waals surface area contributed by atoms with Crippen LogP contribution in [-0.4, -0.2) is 68.7 Å². The second-order valence-electron chi connectivity index (χ2n) is 8.38. The molecule has 36 heavy (non-hydrogen) atoms. The number of furan rings is 2. The summed E-state index contributed by atoms with van der Waals surface area (Å²) < 4.78 is 17.6. The third kappa shape index (κ3) is 3.91. The summed E-state index contributed by atoms with van der Waals surface area (Å²) in [6, 6.07) is 14.5. The Kier molecular flexibility index (Phi) is 5.70. The zero-order valence-electron chi connectivity index (χ0n) is 19.4. The third-order valence-corrected chi connectivity index (χ3v) is 7.37. The molecule has 10 nitrogen and oxygen atoms in total. The van der Waals surface area contributed by atoms with Gasteiger partial charge in [-0.05, 0) is 42.0 Å². The van der Waals surface area contributed by atoms with Crippen LogP contribution in [0.3, 0.4) is 0 Å². The van der Waals surface area contributed by atoms with Crippen molar-refractivity contribution in [2.45, 2.75) is 6.04 Å². The molecule has 5 aromatic rings. The number of methoxy groups -OCH3 is 1. The number of piperazine rings is 1. The monoisotopic (exact) mass is 505 g/mol. The summed E-state index contributed by atoms with van der Waals surface area (Å²) in [5, 5.41) is 15.7. The molecule has 4 aromatic heterocycles. The first-order valence-corrected chi connectivity index (χ1v) is 12.3. The summed E-state index contributed by atoms with van der Waals surface area (Å²) in [7, 11) is 1.63. The maximum Gasteiger partial charge on any atom is 0.289 e. The first kappa shape index (κ1) is 22.4. The zero-order valence-corrected chi connectivity index (χ0v) is 20.2. The fourth-order valence-electron chi connectivity index (χ4n) is 4.52. The Hall–Kier alpha value is -4.09. The second kappa shape index (κ2) is 9.17. The summed E-state index contributed by atoms with van der Waals surface area (Å²) in [5.41, 5.74) is 0.964. The van der Waals surface area contributed by atoms with Crippen LogP contribution >= 0.6 is 11.3 Å². The Morgan fingerprint density at radius 1 is 1.08 bits per heavy atom. The van der Waals surface area contributed by atoms with E-state index in [0.29, 0.717) is 48.5 Å². The van der Waals surface area contributed by atoms with Gasteiger partial charge in [-0.15, -0.1) is 5.10 Å². The van der Waals surface area contributed by atoms with Crippen molar-refractivity contribution in [1.29, 1.82) is 0 Å². The molecule has 0 bridgehead atoms. The molecular formula is C25H23N5O5S. The van der Waals surface area contributed by atoms with Crippen molar-refractivity contribution in [2.75, 3.05) is 33.3 Å². The van der Waals surface area contributed by atoms with E-state index in [1.165, 1.54) is 22.1 Å². The molecule has 1 amide bonds. The molecule has 1 N–H and O–H groups in total. The highest BCUT2D eigenvalue weighted by Crippen LogP contribution is 2.41. The van der Waals surface area contributed by atoms with E-state index in [1.807, 2.05) is 24.3 Å². The van der Waals surface area contributed by atoms with E-state index in [9.17, 15) is 9.90 Å². The van der Waals surface area contributed by atoms with Crippen LogP contribution in [0.15, 0.2) is 69.9 Å². The van der Waals surface area contributed by atoms with Crippen LogP contribution in [0.5, 0.6) is 11.6 Å². The van der Waals surface area contributed by atoms with Gasteiger partial charge in [0.05, 0.1) is 30.6 Å². The zero-order chi connectivity index (χ0) is 24.6. The average molecular weight is 506 g/mol. The molecule has 1 aromatic carbocycles. The lowest BCUT2D eigenvalue weighted by Gasteiger charge is -2.38. The topological polar surface area (TPSA) is 109 Å². The highest BCUT2D eigenvalue weighted by Gasteiger charge is 2.33. The van der Waals surface area contributed by atoms with Crippen molar-refractivity contribution in [3.05, 3.63) is 77.3 Å². The van der Waals surface area contributed by atoms with E-state index in [4.69, 9.17) is 13.6 Å². The van der Waals surface area contributed by atoms with Gasteiger partial charge >= 0.3 is 0 Å². The lowest BCUT2D eigenvalue weighted by atomic mass is 10.0. The highest BCUT2D eigenvalue weighted by molar-refractivity contribution is 7.17. The number of carbonyl (C=O) groups excluding carboxylic acids is 1. The number of aromatic nitrogens is 3. The van der Waals surface area contributed by atoms with Gasteiger partial charge in [0.1, 0.15) is 5.75 Å². The number of carbonyl (C=O) groups is 1.